The lowest BCUT2D eigenvalue weighted by Crippen LogP contribution is -2.38. The van der Waals surface area contributed by atoms with Crippen LogP contribution in [0.4, 0.5) is 17.5 Å². The van der Waals surface area contributed by atoms with Crippen LogP contribution in [0.1, 0.15) is 24.3 Å². The van der Waals surface area contributed by atoms with Crippen molar-refractivity contribution in [2.75, 3.05) is 16.0 Å². The molecule has 5 rings (SSSR count). The van der Waals surface area contributed by atoms with Crippen molar-refractivity contribution in [3.8, 4) is 11.1 Å². The molecular formula is C27H25ClN6O3S. The van der Waals surface area contributed by atoms with Crippen LogP contribution in [0.3, 0.4) is 0 Å². The number of aromatic nitrogens is 2. The smallest absolute Gasteiger partial charge is 0.238 e. The van der Waals surface area contributed by atoms with Crippen LogP contribution >= 0.6 is 11.6 Å². The summed E-state index contributed by atoms with van der Waals surface area (Å²) in [5.41, 5.74) is 9.92. The van der Waals surface area contributed by atoms with Gasteiger partial charge in [0.15, 0.2) is 6.23 Å². The minimum absolute atomic E-state index is 0.0346. The maximum Gasteiger partial charge on any atom is 0.238 e. The second kappa shape index (κ2) is 10.1. The fourth-order valence-electron chi connectivity index (χ4n) is 4.50. The Kier molecular flexibility index (Phi) is 6.80. The van der Waals surface area contributed by atoms with Gasteiger partial charge in [0.05, 0.1) is 10.9 Å². The maximum absolute atomic E-state index is 11.9. The van der Waals surface area contributed by atoms with Crippen LogP contribution in [0.5, 0.6) is 0 Å². The third-order valence-corrected chi connectivity index (χ3v) is 7.52. The highest BCUT2D eigenvalue weighted by Crippen LogP contribution is 2.41. The predicted octanol–water partition coefficient (Wildman–Crippen LogP) is 4.38. The molecule has 0 amide bonds. The minimum atomic E-state index is -3.91. The quantitative estimate of drug-likeness (QED) is 0.277. The van der Waals surface area contributed by atoms with Crippen LogP contribution in [0.25, 0.3) is 17.2 Å². The molecule has 1 aliphatic heterocycles. The van der Waals surface area contributed by atoms with E-state index in [9.17, 15) is 13.5 Å². The Balaban J connectivity index is 1.59. The molecule has 1 unspecified atom stereocenters. The number of nitrogen functional groups attached to an aromatic ring is 1. The topological polar surface area (TPSA) is 147 Å². The molecule has 0 aliphatic carbocycles. The zero-order valence-corrected chi connectivity index (χ0v) is 21.9. The number of sulfonamides is 1. The van der Waals surface area contributed by atoms with Gasteiger partial charge in [0, 0.05) is 33.7 Å². The highest BCUT2D eigenvalue weighted by molar-refractivity contribution is 7.89. The molecule has 38 heavy (non-hydrogen) atoms. The van der Waals surface area contributed by atoms with Gasteiger partial charge in [-0.3, -0.25) is 0 Å². The second-order valence-electron chi connectivity index (χ2n) is 8.82. The van der Waals surface area contributed by atoms with Crippen LogP contribution in [-0.4, -0.2) is 29.5 Å². The van der Waals surface area contributed by atoms with Gasteiger partial charge < -0.3 is 21.1 Å². The molecule has 0 saturated carbocycles. The van der Waals surface area contributed by atoms with Gasteiger partial charge in [-0.15, -0.1) is 0 Å². The first-order valence-electron chi connectivity index (χ1n) is 11.7. The first-order chi connectivity index (χ1) is 18.1. The van der Waals surface area contributed by atoms with Crippen molar-refractivity contribution in [2.45, 2.75) is 24.1 Å². The largest absolute Gasteiger partial charge is 0.369 e. The van der Waals surface area contributed by atoms with E-state index in [1.807, 2.05) is 55.5 Å². The van der Waals surface area contributed by atoms with Gasteiger partial charge in [-0.1, -0.05) is 54.1 Å². The summed E-state index contributed by atoms with van der Waals surface area (Å²) in [5.74, 6) is 0.428. The standard InChI is InChI=1S/C27H25ClN6O3S/c1-16(32-25-21(15-31-27(29)33-25)17-7-5-11-20(13-17)38(30,36)37)23-14-18-8-6-12-22(28)24(18)26(35)34(23)19-9-3-2-4-10-19/h2-16,26,35H,1H3,(H2,30,36,37)(H3,29,31,32,33)/t16-,26?/m0/s1. The van der Waals surface area contributed by atoms with Gasteiger partial charge in [-0.25, -0.2) is 18.5 Å². The van der Waals surface area contributed by atoms with Crippen LogP contribution in [0.15, 0.2) is 89.6 Å². The lowest BCUT2D eigenvalue weighted by Gasteiger charge is -2.39. The Labute approximate surface area is 225 Å². The van der Waals surface area contributed by atoms with Crippen molar-refractivity contribution in [1.82, 2.24) is 9.97 Å². The first-order valence-corrected chi connectivity index (χ1v) is 13.6. The fraction of sp³-hybridized carbons (Fsp3) is 0.111. The monoisotopic (exact) mass is 548 g/mol. The van der Waals surface area contributed by atoms with Gasteiger partial charge in [-0.05, 0) is 54.5 Å². The highest BCUT2D eigenvalue weighted by Gasteiger charge is 2.32. The minimum Gasteiger partial charge on any atom is -0.369 e. The average Bonchev–Trinajstić information content (AvgIpc) is 2.88. The number of rotatable bonds is 6. The van der Waals surface area contributed by atoms with Crippen LogP contribution in [-0.2, 0) is 10.0 Å². The molecule has 0 radical (unpaired) electrons. The Morgan fingerprint density at radius 1 is 1.08 bits per heavy atom. The van der Waals surface area contributed by atoms with E-state index >= 15 is 0 Å². The molecular weight excluding hydrogens is 524 g/mol. The van der Waals surface area contributed by atoms with Crippen molar-refractivity contribution in [3.05, 3.63) is 101 Å². The van der Waals surface area contributed by atoms with Crippen molar-refractivity contribution >= 4 is 45.2 Å². The summed E-state index contributed by atoms with van der Waals surface area (Å²) in [4.78, 5) is 10.3. The lowest BCUT2D eigenvalue weighted by molar-refractivity contribution is 0.177. The van der Waals surface area contributed by atoms with E-state index in [0.29, 0.717) is 27.5 Å². The number of hydrogen-bond acceptors (Lipinski definition) is 8. The number of nitrogens with two attached hydrogens (primary N) is 2. The van der Waals surface area contributed by atoms with Gasteiger partial charge in [0.1, 0.15) is 5.82 Å². The van der Waals surface area contributed by atoms with Crippen LogP contribution in [0, 0.1) is 0 Å². The van der Waals surface area contributed by atoms with Gasteiger partial charge in [0.25, 0.3) is 0 Å². The number of fused-ring (bicyclic) bond motifs is 1. The van der Waals surface area contributed by atoms with Crippen molar-refractivity contribution < 1.29 is 13.5 Å². The molecule has 9 nitrogen and oxygen atoms in total. The second-order valence-corrected chi connectivity index (χ2v) is 10.8. The number of aliphatic hydroxyl groups excluding tert-OH is 1. The highest BCUT2D eigenvalue weighted by atomic mass is 35.5. The van der Waals surface area contributed by atoms with Crippen molar-refractivity contribution in [1.29, 1.82) is 0 Å². The molecule has 11 heteroatoms. The summed E-state index contributed by atoms with van der Waals surface area (Å²) in [5, 5.41) is 20.7. The lowest BCUT2D eigenvalue weighted by atomic mass is 9.96. The molecule has 0 fully saturated rings. The Hall–Kier alpha value is -3.96. The van der Waals surface area contributed by atoms with Gasteiger partial charge >= 0.3 is 0 Å². The molecule has 194 valence electrons. The number of benzene rings is 3. The Morgan fingerprint density at radius 3 is 2.55 bits per heavy atom. The summed E-state index contributed by atoms with van der Waals surface area (Å²) < 4.78 is 23.9. The molecule has 4 aromatic rings. The Bertz CT molecular complexity index is 1650. The van der Waals surface area contributed by atoms with E-state index in [2.05, 4.69) is 15.3 Å². The molecule has 1 aromatic heterocycles. The van der Waals surface area contributed by atoms with E-state index in [4.69, 9.17) is 22.5 Å². The van der Waals surface area contributed by atoms with Crippen LogP contribution in [0.2, 0.25) is 5.02 Å². The molecule has 2 heterocycles. The zero-order valence-electron chi connectivity index (χ0n) is 20.3. The van der Waals surface area contributed by atoms with E-state index in [1.165, 1.54) is 18.3 Å². The third kappa shape index (κ3) is 4.94. The number of nitrogens with zero attached hydrogens (tertiary/aromatic N) is 3. The third-order valence-electron chi connectivity index (χ3n) is 6.28. The molecule has 0 spiro atoms. The van der Waals surface area contributed by atoms with Crippen LogP contribution < -0.4 is 21.1 Å². The predicted molar refractivity (Wildman–Crippen MR) is 150 cm³/mol. The number of hydrogen-bond donors (Lipinski definition) is 4. The molecule has 2 atom stereocenters. The summed E-state index contributed by atoms with van der Waals surface area (Å²) in [6.45, 7) is 1.92. The summed E-state index contributed by atoms with van der Waals surface area (Å²) in [7, 11) is -3.91. The normalized spacial score (nSPS) is 15.9. The molecule has 0 saturated heterocycles. The zero-order chi connectivity index (χ0) is 27.0. The number of anilines is 3. The van der Waals surface area contributed by atoms with Gasteiger partial charge in [0.2, 0.25) is 16.0 Å². The Morgan fingerprint density at radius 2 is 1.82 bits per heavy atom. The molecule has 6 N–H and O–H groups in total. The molecule has 1 aliphatic rings. The van der Waals surface area contributed by atoms with E-state index in [0.717, 1.165) is 16.9 Å². The first kappa shape index (κ1) is 25.7. The number of nitrogens with one attached hydrogen (secondary N) is 1. The summed E-state index contributed by atoms with van der Waals surface area (Å²) >= 11 is 6.48. The number of aliphatic hydroxyl groups is 1. The SMILES string of the molecule is C[C@H](Nc1nc(N)ncc1-c1cccc(S(N)(=O)=O)c1)C1=Cc2cccc(Cl)c2C(O)N1c1ccccc1. The van der Waals surface area contributed by atoms with Crippen molar-refractivity contribution in [3.63, 3.8) is 0 Å². The van der Waals surface area contributed by atoms with Gasteiger partial charge in [-0.2, -0.15) is 4.98 Å². The van der Waals surface area contributed by atoms with E-state index in [1.54, 1.807) is 23.1 Å². The summed E-state index contributed by atoms with van der Waals surface area (Å²) in [6.07, 6.45) is 2.45. The number of primary sulfonamides is 1. The average molecular weight is 549 g/mol. The van der Waals surface area contributed by atoms with Crippen molar-refractivity contribution in [2.24, 2.45) is 5.14 Å². The number of para-hydroxylation sites is 1. The number of halogens is 1. The summed E-state index contributed by atoms with van der Waals surface area (Å²) in [6, 6.07) is 20.8. The molecule has 3 aromatic carbocycles. The van der Waals surface area contributed by atoms with E-state index < -0.39 is 22.3 Å². The fourth-order valence-corrected chi connectivity index (χ4v) is 5.34. The van der Waals surface area contributed by atoms with E-state index in [-0.39, 0.29) is 10.8 Å². The molecule has 0 bridgehead atoms. The maximum atomic E-state index is 11.9.